The number of para-hydroxylation sites is 1. The van der Waals surface area contributed by atoms with E-state index in [0.29, 0.717) is 5.11 Å². The average molecular weight is 441 g/mol. The maximum atomic E-state index is 5.97. The number of pyridine rings is 1. The maximum Gasteiger partial charge on any atom is 0.174 e. The molecule has 1 saturated heterocycles. The highest BCUT2D eigenvalue weighted by atomic mass is 32.1. The van der Waals surface area contributed by atoms with Gasteiger partial charge in [0.25, 0.3) is 0 Å². The molecule has 1 aliphatic rings. The first-order valence-corrected chi connectivity index (χ1v) is 11.0. The first-order valence-electron chi connectivity index (χ1n) is 10.6. The van der Waals surface area contributed by atoms with Crippen molar-refractivity contribution in [2.24, 2.45) is 0 Å². The van der Waals surface area contributed by atoms with Gasteiger partial charge in [-0.05, 0) is 86.2 Å². The second kappa shape index (κ2) is 8.48. The van der Waals surface area contributed by atoms with E-state index >= 15 is 0 Å². The predicted octanol–water partition coefficient (Wildman–Crippen LogP) is 6.00. The molecule has 0 unspecified atom stereocenters. The van der Waals surface area contributed by atoms with Gasteiger partial charge in [-0.25, -0.2) is 0 Å². The number of nitrogens with one attached hydrogen (secondary N) is 2. The van der Waals surface area contributed by atoms with Gasteiger partial charge in [0.05, 0.1) is 17.8 Å². The lowest BCUT2D eigenvalue weighted by atomic mass is 9.96. The van der Waals surface area contributed by atoms with E-state index in [9.17, 15) is 0 Å². The minimum Gasteiger partial charge on any atom is -0.457 e. The normalized spacial score (nSPS) is 17.9. The Morgan fingerprint density at radius 2 is 1.62 bits per heavy atom. The second-order valence-electron chi connectivity index (χ2n) is 7.94. The molecular formula is C26H24N4OS. The molecule has 6 heteroatoms. The molecule has 5 nitrogen and oxygen atoms in total. The molecule has 4 aromatic rings. The average Bonchev–Trinajstić information content (AvgIpc) is 3.33. The van der Waals surface area contributed by atoms with Crippen LogP contribution in [-0.2, 0) is 0 Å². The summed E-state index contributed by atoms with van der Waals surface area (Å²) in [6.07, 6.45) is 1.82. The van der Waals surface area contributed by atoms with Crippen molar-refractivity contribution < 1.29 is 4.74 Å². The molecule has 3 heterocycles. The Morgan fingerprint density at radius 3 is 2.28 bits per heavy atom. The summed E-state index contributed by atoms with van der Waals surface area (Å²) < 4.78 is 5.97. The summed E-state index contributed by atoms with van der Waals surface area (Å²) >= 11 is 5.81. The molecule has 0 bridgehead atoms. The summed E-state index contributed by atoms with van der Waals surface area (Å²) in [5, 5.41) is 4.19. The quantitative estimate of drug-likeness (QED) is 0.373. The minimum atomic E-state index is -0.0576. The van der Waals surface area contributed by atoms with Crippen LogP contribution in [0.25, 0.3) is 0 Å². The maximum absolute atomic E-state index is 5.97. The van der Waals surface area contributed by atoms with Gasteiger partial charge in [0, 0.05) is 23.3 Å². The number of rotatable bonds is 5. The fourth-order valence-electron chi connectivity index (χ4n) is 4.30. The lowest BCUT2D eigenvalue weighted by molar-refractivity contribution is 0.482. The zero-order valence-corrected chi connectivity index (χ0v) is 18.8. The van der Waals surface area contributed by atoms with Crippen LogP contribution in [0, 0.1) is 13.8 Å². The van der Waals surface area contributed by atoms with E-state index in [2.05, 4.69) is 52.2 Å². The highest BCUT2D eigenvalue weighted by Gasteiger charge is 2.41. The molecular weight excluding hydrogens is 416 g/mol. The Morgan fingerprint density at radius 1 is 0.906 bits per heavy atom. The first kappa shape index (κ1) is 20.3. The first-order chi connectivity index (χ1) is 15.6. The van der Waals surface area contributed by atoms with Gasteiger partial charge in [-0.3, -0.25) is 4.98 Å². The van der Waals surface area contributed by atoms with Gasteiger partial charge in [0.1, 0.15) is 11.5 Å². The number of hydrogen-bond donors (Lipinski definition) is 2. The minimum absolute atomic E-state index is 0.0248. The van der Waals surface area contributed by atoms with E-state index in [0.717, 1.165) is 34.3 Å². The topological polar surface area (TPSA) is 53.2 Å². The number of aromatic nitrogens is 2. The van der Waals surface area contributed by atoms with Crippen LogP contribution in [0.15, 0.2) is 85.1 Å². The molecule has 1 aliphatic heterocycles. The van der Waals surface area contributed by atoms with Crippen LogP contribution in [0.1, 0.15) is 34.7 Å². The number of hydrogen-bond acceptors (Lipinski definition) is 3. The monoisotopic (exact) mass is 440 g/mol. The van der Waals surface area contributed by atoms with Crippen LogP contribution < -0.4 is 15.0 Å². The van der Waals surface area contributed by atoms with Crippen LogP contribution in [0.5, 0.6) is 11.5 Å². The number of aromatic amines is 1. The largest absolute Gasteiger partial charge is 0.457 e. The Balaban J connectivity index is 1.51. The van der Waals surface area contributed by atoms with Crippen molar-refractivity contribution in [1.82, 2.24) is 15.3 Å². The van der Waals surface area contributed by atoms with Gasteiger partial charge < -0.3 is 19.9 Å². The number of benzene rings is 2. The lowest BCUT2D eigenvalue weighted by Crippen LogP contribution is -2.29. The molecule has 2 atom stereocenters. The molecule has 1 fully saturated rings. The molecule has 0 spiro atoms. The van der Waals surface area contributed by atoms with Gasteiger partial charge in [0.2, 0.25) is 0 Å². The highest BCUT2D eigenvalue weighted by Crippen LogP contribution is 2.43. The van der Waals surface area contributed by atoms with Crippen LogP contribution in [0.4, 0.5) is 5.69 Å². The number of aryl methyl sites for hydroxylation is 2. The standard InChI is InChI=1S/C26H24N4OS/c1-17-16-22(18(2)28-17)25-24(23-10-6-7-15-27-23)29-26(32)30(25)19-11-13-21(14-12-19)31-20-8-4-3-5-9-20/h3-16,24-25,28H,1-2H3,(H,29,32)/t24-,25-/m1/s1. The van der Waals surface area contributed by atoms with Crippen LogP contribution in [0.3, 0.4) is 0 Å². The summed E-state index contributed by atoms with van der Waals surface area (Å²) in [5.41, 5.74) is 5.43. The van der Waals surface area contributed by atoms with E-state index < -0.39 is 0 Å². The van der Waals surface area contributed by atoms with E-state index in [-0.39, 0.29) is 12.1 Å². The molecule has 0 amide bonds. The predicted molar refractivity (Wildman–Crippen MR) is 131 cm³/mol. The molecule has 5 rings (SSSR count). The van der Waals surface area contributed by atoms with Crippen molar-refractivity contribution in [3.63, 3.8) is 0 Å². The third-order valence-corrected chi connectivity index (χ3v) is 6.01. The molecule has 0 radical (unpaired) electrons. The third kappa shape index (κ3) is 3.85. The molecule has 2 N–H and O–H groups in total. The fraction of sp³-hybridized carbons (Fsp3) is 0.154. The van der Waals surface area contributed by atoms with E-state index in [1.165, 1.54) is 5.56 Å². The molecule has 2 aromatic heterocycles. The van der Waals surface area contributed by atoms with Crippen LogP contribution >= 0.6 is 12.2 Å². The number of nitrogens with zero attached hydrogens (tertiary/aromatic N) is 2. The van der Waals surface area contributed by atoms with Crippen molar-refractivity contribution in [2.45, 2.75) is 25.9 Å². The number of anilines is 1. The van der Waals surface area contributed by atoms with Gasteiger partial charge in [-0.1, -0.05) is 24.3 Å². The third-order valence-electron chi connectivity index (χ3n) is 5.70. The summed E-state index contributed by atoms with van der Waals surface area (Å²) in [6, 6.07) is 25.9. The van der Waals surface area contributed by atoms with Gasteiger partial charge in [-0.2, -0.15) is 0 Å². The Bertz CT molecular complexity index is 1220. The van der Waals surface area contributed by atoms with Crippen molar-refractivity contribution in [1.29, 1.82) is 0 Å². The van der Waals surface area contributed by atoms with Crippen molar-refractivity contribution in [2.75, 3.05) is 4.90 Å². The Kier molecular flexibility index (Phi) is 5.37. The smallest absolute Gasteiger partial charge is 0.174 e. The van der Waals surface area contributed by atoms with E-state index in [4.69, 9.17) is 17.0 Å². The summed E-state index contributed by atoms with van der Waals surface area (Å²) in [5.74, 6) is 1.59. The molecule has 0 saturated carbocycles. The zero-order valence-electron chi connectivity index (χ0n) is 17.9. The SMILES string of the molecule is Cc1cc([C@@H]2[C@@H](c3ccccn3)NC(=S)N2c2ccc(Oc3ccccc3)cc2)c(C)[nH]1. The fourth-order valence-corrected chi connectivity index (χ4v) is 4.65. The highest BCUT2D eigenvalue weighted by molar-refractivity contribution is 7.80. The summed E-state index contributed by atoms with van der Waals surface area (Å²) in [6.45, 7) is 4.18. The molecule has 2 aromatic carbocycles. The summed E-state index contributed by atoms with van der Waals surface area (Å²) in [7, 11) is 0. The molecule has 32 heavy (non-hydrogen) atoms. The Hall–Kier alpha value is -3.64. The van der Waals surface area contributed by atoms with Gasteiger partial charge in [0.15, 0.2) is 5.11 Å². The van der Waals surface area contributed by atoms with Crippen molar-refractivity contribution >= 4 is 23.0 Å². The van der Waals surface area contributed by atoms with Crippen molar-refractivity contribution in [3.05, 3.63) is 108 Å². The number of thiocarbonyl (C=S) groups is 1. The summed E-state index contributed by atoms with van der Waals surface area (Å²) in [4.78, 5) is 10.2. The van der Waals surface area contributed by atoms with Crippen LogP contribution in [-0.4, -0.2) is 15.1 Å². The number of H-pyrrole nitrogens is 1. The van der Waals surface area contributed by atoms with Crippen LogP contribution in [0.2, 0.25) is 0 Å². The van der Waals surface area contributed by atoms with Gasteiger partial charge >= 0.3 is 0 Å². The van der Waals surface area contributed by atoms with E-state index in [1.807, 2.05) is 66.9 Å². The second-order valence-corrected chi connectivity index (χ2v) is 8.33. The van der Waals surface area contributed by atoms with Gasteiger partial charge in [-0.15, -0.1) is 0 Å². The van der Waals surface area contributed by atoms with E-state index in [1.54, 1.807) is 0 Å². The Labute approximate surface area is 193 Å². The van der Waals surface area contributed by atoms with Crippen molar-refractivity contribution in [3.8, 4) is 11.5 Å². The molecule has 160 valence electrons. The number of ether oxygens (including phenoxy) is 1. The zero-order chi connectivity index (χ0) is 22.1. The molecule has 0 aliphatic carbocycles. The lowest BCUT2D eigenvalue weighted by Gasteiger charge is -2.28.